The normalized spacial score (nSPS) is 10.2. The molecule has 0 fully saturated rings. The third-order valence-corrected chi connectivity index (χ3v) is 2.90. The number of rotatable bonds is 4. The first-order valence-electron chi connectivity index (χ1n) is 6.44. The number of nitrogens with two attached hydrogens (primary N) is 1. The molecule has 1 aromatic carbocycles. The molecule has 104 valence electrons. The predicted octanol–water partition coefficient (Wildman–Crippen LogP) is 2.43. The molecule has 0 aliphatic heterocycles. The summed E-state index contributed by atoms with van der Waals surface area (Å²) in [6, 6.07) is 8.63. The number of hydrogen-bond donors (Lipinski definition) is 2. The summed E-state index contributed by atoms with van der Waals surface area (Å²) >= 11 is 0. The molecule has 1 amide bonds. The molecular weight excluding hydrogens is 254 g/mol. The number of nitrogens with zero attached hydrogens (tertiary/aromatic N) is 2. The van der Waals surface area contributed by atoms with Gasteiger partial charge in [-0.05, 0) is 30.7 Å². The maximum atomic E-state index is 12.6. The zero-order valence-electron chi connectivity index (χ0n) is 11.3. The molecule has 0 bridgehead atoms. The summed E-state index contributed by atoms with van der Waals surface area (Å²) in [5.74, 6) is -0.389. The van der Waals surface area contributed by atoms with E-state index < -0.39 is 0 Å². The maximum absolute atomic E-state index is 12.6. The second kappa shape index (κ2) is 6.06. The van der Waals surface area contributed by atoms with Crippen LogP contribution in [0.4, 0.5) is 11.4 Å². The van der Waals surface area contributed by atoms with Crippen LogP contribution in [0.15, 0.2) is 42.7 Å². The van der Waals surface area contributed by atoms with Crippen LogP contribution in [-0.4, -0.2) is 22.5 Å². The minimum atomic E-state index is -0.266. The molecule has 5 nitrogen and oxygen atoms in total. The smallest absolute Gasteiger partial charge is 0.262 e. The number of carbonyl (C=O) groups excluding carboxylic acids is 1. The molecule has 0 radical (unpaired) electrons. The highest BCUT2D eigenvalue weighted by atomic mass is 16.3. The Morgan fingerprint density at radius 3 is 2.85 bits per heavy atom. The first kappa shape index (κ1) is 13.9. The van der Waals surface area contributed by atoms with Crippen LogP contribution in [0.25, 0.3) is 0 Å². The number of hydrogen-bond acceptors (Lipinski definition) is 4. The molecule has 5 heteroatoms. The SMILES string of the molecule is CCCN(C(=O)c1ccncc1O)c1cccc(N)c1. The molecule has 20 heavy (non-hydrogen) atoms. The summed E-state index contributed by atoms with van der Waals surface area (Å²) in [6.45, 7) is 2.53. The number of aromatic hydroxyl groups is 1. The van der Waals surface area contributed by atoms with E-state index in [1.54, 1.807) is 23.1 Å². The van der Waals surface area contributed by atoms with E-state index in [1.807, 2.05) is 13.0 Å². The minimum absolute atomic E-state index is 0.123. The Balaban J connectivity index is 2.39. The first-order valence-corrected chi connectivity index (χ1v) is 6.44. The molecule has 0 unspecified atom stereocenters. The quantitative estimate of drug-likeness (QED) is 0.837. The fourth-order valence-corrected chi connectivity index (χ4v) is 1.98. The van der Waals surface area contributed by atoms with Crippen molar-refractivity contribution in [3.05, 3.63) is 48.3 Å². The van der Waals surface area contributed by atoms with E-state index in [2.05, 4.69) is 4.98 Å². The third kappa shape index (κ3) is 2.88. The van der Waals surface area contributed by atoms with E-state index in [4.69, 9.17) is 5.73 Å². The monoisotopic (exact) mass is 271 g/mol. The van der Waals surface area contributed by atoms with Crippen LogP contribution >= 0.6 is 0 Å². The van der Waals surface area contributed by atoms with Crippen LogP contribution in [-0.2, 0) is 0 Å². The number of pyridine rings is 1. The summed E-state index contributed by atoms with van der Waals surface area (Å²) < 4.78 is 0. The molecule has 0 saturated carbocycles. The Bertz CT molecular complexity index is 614. The van der Waals surface area contributed by atoms with Crippen LogP contribution in [0.2, 0.25) is 0 Å². The molecule has 1 aromatic heterocycles. The van der Waals surface area contributed by atoms with Gasteiger partial charge in [0.05, 0.1) is 11.8 Å². The summed E-state index contributed by atoms with van der Waals surface area (Å²) in [4.78, 5) is 17.9. The highest BCUT2D eigenvalue weighted by Gasteiger charge is 2.19. The Labute approximate surface area is 117 Å². The molecular formula is C15H17N3O2. The van der Waals surface area contributed by atoms with Gasteiger partial charge in [-0.2, -0.15) is 0 Å². The van der Waals surface area contributed by atoms with Gasteiger partial charge in [-0.15, -0.1) is 0 Å². The zero-order chi connectivity index (χ0) is 14.5. The van der Waals surface area contributed by atoms with Gasteiger partial charge >= 0.3 is 0 Å². The lowest BCUT2D eigenvalue weighted by Crippen LogP contribution is -2.31. The number of aromatic nitrogens is 1. The topological polar surface area (TPSA) is 79.5 Å². The maximum Gasteiger partial charge on any atom is 0.262 e. The predicted molar refractivity (Wildman–Crippen MR) is 78.7 cm³/mol. The first-order chi connectivity index (χ1) is 9.63. The molecule has 0 saturated heterocycles. The lowest BCUT2D eigenvalue weighted by molar-refractivity contribution is 0.0984. The number of anilines is 2. The molecule has 0 spiro atoms. The Morgan fingerprint density at radius 2 is 2.20 bits per heavy atom. The van der Waals surface area contributed by atoms with Crippen molar-refractivity contribution in [3.8, 4) is 5.75 Å². The van der Waals surface area contributed by atoms with E-state index in [9.17, 15) is 9.90 Å². The van der Waals surface area contributed by atoms with Gasteiger partial charge < -0.3 is 15.7 Å². The largest absolute Gasteiger partial charge is 0.505 e. The Hall–Kier alpha value is -2.56. The van der Waals surface area contributed by atoms with Gasteiger partial charge in [0, 0.05) is 24.1 Å². The van der Waals surface area contributed by atoms with Crippen LogP contribution in [0.1, 0.15) is 23.7 Å². The third-order valence-electron chi connectivity index (χ3n) is 2.90. The van der Waals surface area contributed by atoms with Crippen LogP contribution < -0.4 is 10.6 Å². The van der Waals surface area contributed by atoms with Gasteiger partial charge in [-0.25, -0.2) is 0 Å². The van der Waals surface area contributed by atoms with E-state index in [1.165, 1.54) is 18.5 Å². The number of amides is 1. The van der Waals surface area contributed by atoms with Gasteiger partial charge in [-0.1, -0.05) is 13.0 Å². The fraction of sp³-hybridized carbons (Fsp3) is 0.200. The summed E-state index contributed by atoms with van der Waals surface area (Å²) in [5.41, 5.74) is 7.30. The van der Waals surface area contributed by atoms with Crippen molar-refractivity contribution in [3.63, 3.8) is 0 Å². The van der Waals surface area contributed by atoms with E-state index in [-0.39, 0.29) is 17.2 Å². The minimum Gasteiger partial charge on any atom is -0.505 e. The molecule has 2 rings (SSSR count). The Morgan fingerprint density at radius 1 is 1.40 bits per heavy atom. The molecule has 0 atom stereocenters. The van der Waals surface area contributed by atoms with Gasteiger partial charge in [0.15, 0.2) is 0 Å². The summed E-state index contributed by atoms with van der Waals surface area (Å²) in [7, 11) is 0. The van der Waals surface area contributed by atoms with Crippen LogP contribution in [0, 0.1) is 0 Å². The van der Waals surface area contributed by atoms with E-state index in [0.29, 0.717) is 17.9 Å². The van der Waals surface area contributed by atoms with Gasteiger partial charge in [0.2, 0.25) is 0 Å². The molecule has 2 aromatic rings. The average Bonchev–Trinajstić information content (AvgIpc) is 2.44. The molecule has 0 aliphatic rings. The van der Waals surface area contributed by atoms with Crippen molar-refractivity contribution in [2.24, 2.45) is 0 Å². The van der Waals surface area contributed by atoms with Crippen molar-refractivity contribution in [1.82, 2.24) is 4.98 Å². The average molecular weight is 271 g/mol. The number of benzene rings is 1. The highest BCUT2D eigenvalue weighted by molar-refractivity contribution is 6.07. The molecule has 1 heterocycles. The van der Waals surface area contributed by atoms with Gasteiger partial charge in [0.25, 0.3) is 5.91 Å². The van der Waals surface area contributed by atoms with Crippen molar-refractivity contribution in [2.45, 2.75) is 13.3 Å². The highest BCUT2D eigenvalue weighted by Crippen LogP contribution is 2.23. The van der Waals surface area contributed by atoms with E-state index >= 15 is 0 Å². The second-order valence-electron chi connectivity index (χ2n) is 4.44. The molecule has 3 N–H and O–H groups in total. The van der Waals surface area contributed by atoms with E-state index in [0.717, 1.165) is 6.42 Å². The zero-order valence-corrected chi connectivity index (χ0v) is 11.3. The van der Waals surface area contributed by atoms with Crippen molar-refractivity contribution in [1.29, 1.82) is 0 Å². The number of nitrogen functional groups attached to an aromatic ring is 1. The summed E-state index contributed by atoms with van der Waals surface area (Å²) in [6.07, 6.45) is 3.54. The van der Waals surface area contributed by atoms with Crippen molar-refractivity contribution < 1.29 is 9.90 Å². The lowest BCUT2D eigenvalue weighted by Gasteiger charge is -2.23. The molecule has 0 aliphatic carbocycles. The van der Waals surface area contributed by atoms with Crippen LogP contribution in [0.5, 0.6) is 5.75 Å². The summed E-state index contributed by atoms with van der Waals surface area (Å²) in [5, 5.41) is 9.76. The van der Waals surface area contributed by atoms with Crippen LogP contribution in [0.3, 0.4) is 0 Å². The van der Waals surface area contributed by atoms with Crippen molar-refractivity contribution >= 4 is 17.3 Å². The fourth-order valence-electron chi connectivity index (χ4n) is 1.98. The van der Waals surface area contributed by atoms with Gasteiger partial charge in [-0.3, -0.25) is 9.78 Å². The van der Waals surface area contributed by atoms with Gasteiger partial charge in [0.1, 0.15) is 5.75 Å². The lowest BCUT2D eigenvalue weighted by atomic mass is 10.1. The standard InChI is InChI=1S/C15H17N3O2/c1-2-8-18(12-5-3-4-11(16)9-12)15(20)13-6-7-17-10-14(13)19/h3-7,9-10,19H,2,8,16H2,1H3. The van der Waals surface area contributed by atoms with Crippen molar-refractivity contribution in [2.75, 3.05) is 17.2 Å². The Kier molecular flexibility index (Phi) is 4.20. The second-order valence-corrected chi connectivity index (χ2v) is 4.44. The number of carbonyl (C=O) groups is 1.